The fourth-order valence-corrected chi connectivity index (χ4v) is 5.05. The van der Waals surface area contributed by atoms with Crippen molar-refractivity contribution in [1.29, 1.82) is 0 Å². The molecule has 3 aromatic carbocycles. The second-order valence-corrected chi connectivity index (χ2v) is 13.7. The number of hydrogen-bond acceptors (Lipinski definition) is 6. The summed E-state index contributed by atoms with van der Waals surface area (Å²) in [5.41, 5.74) is 1.41. The predicted octanol–water partition coefficient (Wildman–Crippen LogP) is 7.11. The molecule has 2 heterocycles. The Morgan fingerprint density at radius 1 is 1.07 bits per heavy atom. The predicted molar refractivity (Wildman–Crippen MR) is 151 cm³/mol. The Balaban J connectivity index is 1.52. The zero-order valence-corrected chi connectivity index (χ0v) is 24.3. The van der Waals surface area contributed by atoms with Crippen LogP contribution in [0, 0.1) is 5.82 Å². The Morgan fingerprint density at radius 2 is 1.69 bits per heavy atom. The van der Waals surface area contributed by atoms with E-state index in [1.54, 1.807) is 19.2 Å². The van der Waals surface area contributed by atoms with E-state index in [1.807, 2.05) is 36.4 Å². The van der Waals surface area contributed by atoms with Crippen LogP contribution in [0.2, 0.25) is 0 Å². The van der Waals surface area contributed by atoms with Gasteiger partial charge >= 0.3 is 0 Å². The first kappa shape index (κ1) is 29.5. The monoisotopic (exact) mass is 599 g/mol. The number of nitrogens with zero attached hydrogens (tertiary/aromatic N) is 3. The molecule has 1 amide bonds. The van der Waals surface area contributed by atoms with Crippen LogP contribution >= 0.6 is 7.37 Å². The lowest BCUT2D eigenvalue weighted by molar-refractivity contribution is -0.120. The van der Waals surface area contributed by atoms with Crippen molar-refractivity contribution in [1.82, 2.24) is 10.2 Å². The summed E-state index contributed by atoms with van der Waals surface area (Å²) in [6.07, 6.45) is -1.21. The molecule has 8 nitrogen and oxygen atoms in total. The number of carbonyl (C=O) groups is 1. The van der Waals surface area contributed by atoms with Gasteiger partial charge in [0.25, 0.3) is 11.8 Å². The van der Waals surface area contributed by atoms with E-state index >= 15 is 13.2 Å². The molecule has 220 valence electrons. The number of methoxy groups -OCH3 is 1. The molecule has 1 aromatic heterocycles. The second-order valence-electron chi connectivity index (χ2n) is 10.8. The molecule has 0 bridgehead atoms. The van der Waals surface area contributed by atoms with Gasteiger partial charge in [0.15, 0.2) is 0 Å². The number of benzene rings is 3. The van der Waals surface area contributed by atoms with Crippen molar-refractivity contribution in [2.24, 2.45) is 0 Å². The van der Waals surface area contributed by atoms with E-state index < -0.39 is 48.6 Å². The molecule has 42 heavy (non-hydrogen) atoms. The molecular weight excluding hydrogens is 570 g/mol. The van der Waals surface area contributed by atoms with Gasteiger partial charge in [0.05, 0.1) is 24.9 Å². The summed E-state index contributed by atoms with van der Waals surface area (Å²) in [7, 11) is -2.17. The van der Waals surface area contributed by atoms with Crippen LogP contribution in [0.1, 0.15) is 43.7 Å². The highest BCUT2D eigenvalue weighted by Gasteiger charge is 2.43. The van der Waals surface area contributed by atoms with Gasteiger partial charge in [-0.1, -0.05) is 36.4 Å². The lowest BCUT2D eigenvalue weighted by atomic mass is 10.00. The van der Waals surface area contributed by atoms with Gasteiger partial charge in [-0.3, -0.25) is 9.36 Å². The third kappa shape index (κ3) is 5.46. The summed E-state index contributed by atoms with van der Waals surface area (Å²) < 4.78 is 68.8. The third-order valence-electron chi connectivity index (χ3n) is 7.66. The van der Waals surface area contributed by atoms with Gasteiger partial charge in [-0.25, -0.2) is 13.2 Å². The summed E-state index contributed by atoms with van der Waals surface area (Å²) in [5, 5.41) is 6.21. The number of alkyl halides is 2. The number of amides is 1. The largest absolute Gasteiger partial charge is 0.497 e. The van der Waals surface area contributed by atoms with E-state index in [0.717, 1.165) is 29.6 Å². The minimum atomic E-state index is -3.75. The molecule has 1 N–H and O–H groups in total. The number of halogens is 3. The van der Waals surface area contributed by atoms with Crippen molar-refractivity contribution >= 4 is 19.0 Å². The number of hydrogen-bond donors (Lipinski definition) is 1. The van der Waals surface area contributed by atoms with Crippen molar-refractivity contribution in [2.45, 2.75) is 44.3 Å². The first-order valence-corrected chi connectivity index (χ1v) is 15.2. The molecule has 4 aromatic rings. The SMILES string of the molecule is COc1ccc(-c2ccc(CN3C(=O)CCC(F)(F)c4cc(F)c(-c5nnc(C(C)(C)P(C)(=O)O)o5)cc43)cc2)cc1. The van der Waals surface area contributed by atoms with E-state index in [-0.39, 0.29) is 29.6 Å². The van der Waals surface area contributed by atoms with Gasteiger partial charge in [-0.15, -0.1) is 10.2 Å². The Bertz CT molecular complexity index is 1680. The smallest absolute Gasteiger partial charge is 0.275 e. The van der Waals surface area contributed by atoms with Crippen LogP contribution in [0.15, 0.2) is 65.1 Å². The molecule has 12 heteroatoms. The van der Waals surface area contributed by atoms with Crippen LogP contribution in [-0.2, 0) is 27.0 Å². The maximum Gasteiger partial charge on any atom is 0.275 e. The summed E-state index contributed by atoms with van der Waals surface area (Å²) in [5.74, 6) is -4.93. The maximum atomic E-state index is 15.3. The highest BCUT2D eigenvalue weighted by molar-refractivity contribution is 7.58. The van der Waals surface area contributed by atoms with E-state index in [0.29, 0.717) is 11.6 Å². The topological polar surface area (TPSA) is 106 Å². The standard InChI is InChI=1S/C30H29F3N3O5P/c1-29(2,42(4,38)39)28-35-34-27(41-28)22-15-25-23(16-24(22)31)30(32,33)14-13-26(37)36(25)17-18-5-7-19(8-6-18)20-9-11-21(40-3)12-10-20/h5-12,15-16H,13-14,17H2,1-4H3,(H,38,39). The van der Waals surface area contributed by atoms with Gasteiger partial charge in [-0.05, 0) is 54.8 Å². The average molecular weight is 600 g/mol. The van der Waals surface area contributed by atoms with Crippen molar-refractivity contribution in [3.63, 3.8) is 0 Å². The third-order valence-corrected chi connectivity index (χ3v) is 9.92. The Kier molecular flexibility index (Phi) is 7.53. The first-order chi connectivity index (χ1) is 19.7. The van der Waals surface area contributed by atoms with Gasteiger partial charge in [-0.2, -0.15) is 0 Å². The van der Waals surface area contributed by atoms with Gasteiger partial charge < -0.3 is 18.9 Å². The number of fused-ring (bicyclic) bond motifs is 1. The molecule has 1 aliphatic rings. The minimum Gasteiger partial charge on any atom is -0.497 e. The molecule has 1 unspecified atom stereocenters. The lowest BCUT2D eigenvalue weighted by Crippen LogP contribution is -2.29. The molecule has 1 atom stereocenters. The maximum absolute atomic E-state index is 15.3. The molecule has 1 aliphatic heterocycles. The van der Waals surface area contributed by atoms with Gasteiger partial charge in [0.1, 0.15) is 16.7 Å². The fraction of sp³-hybridized carbons (Fsp3) is 0.300. The summed E-state index contributed by atoms with van der Waals surface area (Å²) in [6.45, 7) is 3.95. The van der Waals surface area contributed by atoms with Crippen molar-refractivity contribution in [3.8, 4) is 28.3 Å². The molecular formula is C30H29F3N3O5P. The van der Waals surface area contributed by atoms with E-state index in [1.165, 1.54) is 18.7 Å². The summed E-state index contributed by atoms with van der Waals surface area (Å²) in [6, 6.07) is 16.6. The number of ether oxygens (including phenoxy) is 1. The Hall–Kier alpha value is -3.95. The zero-order valence-electron chi connectivity index (χ0n) is 23.4. The van der Waals surface area contributed by atoms with Crippen molar-refractivity contribution < 1.29 is 36.6 Å². The number of aromatic nitrogens is 2. The van der Waals surface area contributed by atoms with Crippen LogP contribution < -0.4 is 9.64 Å². The highest BCUT2D eigenvalue weighted by atomic mass is 31.2. The number of anilines is 1. The fourth-order valence-electron chi connectivity index (χ4n) is 4.61. The number of carbonyl (C=O) groups excluding carboxylic acids is 1. The van der Waals surface area contributed by atoms with Crippen LogP contribution in [0.5, 0.6) is 5.75 Å². The van der Waals surface area contributed by atoms with Gasteiger partial charge in [0.2, 0.25) is 19.2 Å². The normalized spacial score (nSPS) is 16.5. The first-order valence-electron chi connectivity index (χ1n) is 13.1. The summed E-state index contributed by atoms with van der Waals surface area (Å²) >= 11 is 0. The molecule has 0 saturated carbocycles. The quantitative estimate of drug-likeness (QED) is 0.226. The Morgan fingerprint density at radius 3 is 2.29 bits per heavy atom. The van der Waals surface area contributed by atoms with Crippen LogP contribution in [-0.4, -0.2) is 34.8 Å². The molecule has 0 aliphatic carbocycles. The second kappa shape index (κ2) is 10.7. The van der Waals surface area contributed by atoms with Crippen LogP contribution in [0.3, 0.4) is 0 Å². The van der Waals surface area contributed by atoms with Crippen molar-refractivity contribution in [2.75, 3.05) is 18.7 Å². The van der Waals surface area contributed by atoms with Crippen LogP contribution in [0.25, 0.3) is 22.6 Å². The molecule has 0 spiro atoms. The lowest BCUT2D eigenvalue weighted by Gasteiger charge is -2.25. The van der Waals surface area contributed by atoms with Crippen molar-refractivity contribution in [3.05, 3.63) is 83.5 Å². The zero-order chi connectivity index (χ0) is 30.4. The molecule has 5 rings (SSSR count). The number of rotatable bonds is 7. The van der Waals surface area contributed by atoms with E-state index in [2.05, 4.69) is 10.2 Å². The van der Waals surface area contributed by atoms with Crippen LogP contribution in [0.4, 0.5) is 18.9 Å². The molecule has 0 saturated heterocycles. The molecule has 0 fully saturated rings. The van der Waals surface area contributed by atoms with E-state index in [4.69, 9.17) is 9.15 Å². The van der Waals surface area contributed by atoms with Gasteiger partial charge in [0, 0.05) is 25.1 Å². The average Bonchev–Trinajstić information content (AvgIpc) is 3.43. The Labute approximate surface area is 240 Å². The summed E-state index contributed by atoms with van der Waals surface area (Å²) in [4.78, 5) is 24.5. The minimum absolute atomic E-state index is 0.0402. The van der Waals surface area contributed by atoms with E-state index in [9.17, 15) is 14.3 Å². The molecule has 0 radical (unpaired) electrons. The highest BCUT2D eigenvalue weighted by Crippen LogP contribution is 2.56.